The predicted octanol–water partition coefficient (Wildman–Crippen LogP) is 1.21. The van der Waals surface area contributed by atoms with E-state index < -0.39 is 0 Å². The Morgan fingerprint density at radius 2 is 2.00 bits per heavy atom. The van der Waals surface area contributed by atoms with Gasteiger partial charge < -0.3 is 20.1 Å². The first-order valence-electron chi connectivity index (χ1n) is 7.29. The number of hydrogen-bond donors (Lipinski definition) is 2. The number of benzene rings is 1. The van der Waals surface area contributed by atoms with Crippen LogP contribution < -0.4 is 15.4 Å². The molecule has 0 aliphatic rings. The van der Waals surface area contributed by atoms with E-state index in [-0.39, 0.29) is 18.4 Å². The number of hydrogen-bond acceptors (Lipinski definition) is 4. The molecular formula is C16H24N2O4. The molecule has 0 aliphatic carbocycles. The third-order valence-electron chi connectivity index (χ3n) is 2.72. The van der Waals surface area contributed by atoms with Crippen molar-refractivity contribution in [3.63, 3.8) is 0 Å². The maximum Gasteiger partial charge on any atom is 0.251 e. The van der Waals surface area contributed by atoms with Gasteiger partial charge in [-0.3, -0.25) is 9.59 Å². The van der Waals surface area contributed by atoms with Crippen molar-refractivity contribution in [2.45, 2.75) is 13.8 Å². The molecule has 0 spiro atoms. The van der Waals surface area contributed by atoms with Gasteiger partial charge in [-0.25, -0.2) is 0 Å². The van der Waals surface area contributed by atoms with Crippen LogP contribution in [-0.2, 0) is 9.53 Å². The van der Waals surface area contributed by atoms with Gasteiger partial charge in [0.25, 0.3) is 5.91 Å². The fraction of sp³-hybridized carbons (Fsp3) is 0.500. The van der Waals surface area contributed by atoms with Gasteiger partial charge in [-0.15, -0.1) is 0 Å². The minimum atomic E-state index is -0.308. The third-order valence-corrected chi connectivity index (χ3v) is 2.72. The quantitative estimate of drug-likeness (QED) is 0.672. The van der Waals surface area contributed by atoms with E-state index in [0.29, 0.717) is 37.0 Å². The maximum absolute atomic E-state index is 12.0. The van der Waals surface area contributed by atoms with Crippen LogP contribution in [-0.4, -0.2) is 45.2 Å². The van der Waals surface area contributed by atoms with Crippen molar-refractivity contribution >= 4 is 11.8 Å². The molecule has 0 saturated carbocycles. The van der Waals surface area contributed by atoms with Gasteiger partial charge in [0.05, 0.1) is 19.8 Å². The summed E-state index contributed by atoms with van der Waals surface area (Å²) in [5, 5.41) is 5.20. The third kappa shape index (κ3) is 7.08. The molecular weight excluding hydrogens is 284 g/mol. The zero-order valence-electron chi connectivity index (χ0n) is 13.3. The van der Waals surface area contributed by atoms with E-state index in [0.717, 1.165) is 0 Å². The monoisotopic (exact) mass is 308 g/mol. The molecule has 0 unspecified atom stereocenters. The number of amides is 2. The highest BCUT2D eigenvalue weighted by molar-refractivity contribution is 5.96. The highest BCUT2D eigenvalue weighted by Gasteiger charge is 2.09. The highest BCUT2D eigenvalue weighted by Crippen LogP contribution is 2.14. The van der Waals surface area contributed by atoms with Crippen LogP contribution in [0.15, 0.2) is 24.3 Å². The first kappa shape index (κ1) is 18.0. The molecule has 1 rings (SSSR count). The predicted molar refractivity (Wildman–Crippen MR) is 84.0 cm³/mol. The Labute approximate surface area is 131 Å². The van der Waals surface area contributed by atoms with Gasteiger partial charge in [0.2, 0.25) is 5.91 Å². The lowest BCUT2D eigenvalue weighted by Crippen LogP contribution is -2.38. The molecule has 0 atom stereocenters. The lowest BCUT2D eigenvalue weighted by molar-refractivity contribution is -0.120. The smallest absolute Gasteiger partial charge is 0.251 e. The first-order valence-corrected chi connectivity index (χ1v) is 7.29. The van der Waals surface area contributed by atoms with Gasteiger partial charge >= 0.3 is 0 Å². The van der Waals surface area contributed by atoms with Crippen LogP contribution in [0.3, 0.4) is 0 Å². The van der Waals surface area contributed by atoms with E-state index in [9.17, 15) is 9.59 Å². The van der Waals surface area contributed by atoms with E-state index in [2.05, 4.69) is 24.5 Å². The molecule has 22 heavy (non-hydrogen) atoms. The van der Waals surface area contributed by atoms with Crippen molar-refractivity contribution in [3.8, 4) is 5.75 Å². The molecule has 0 heterocycles. The van der Waals surface area contributed by atoms with Crippen molar-refractivity contribution in [1.29, 1.82) is 0 Å². The number of carbonyl (C=O) groups is 2. The second kappa shape index (κ2) is 9.78. The molecule has 0 aromatic heterocycles. The van der Waals surface area contributed by atoms with E-state index in [1.54, 1.807) is 31.4 Å². The molecule has 0 fully saturated rings. The summed E-state index contributed by atoms with van der Waals surface area (Å²) in [6.07, 6.45) is 0. The van der Waals surface area contributed by atoms with Crippen LogP contribution >= 0.6 is 0 Å². The van der Waals surface area contributed by atoms with E-state index in [1.807, 2.05) is 0 Å². The van der Waals surface area contributed by atoms with Crippen molar-refractivity contribution in [3.05, 3.63) is 29.8 Å². The number of carbonyl (C=O) groups excluding carboxylic acids is 2. The van der Waals surface area contributed by atoms with Crippen molar-refractivity contribution in [1.82, 2.24) is 10.6 Å². The SMILES string of the molecule is COCCNC(=O)CNC(=O)c1cccc(OCC(C)C)c1. The molecule has 6 heteroatoms. The van der Waals surface area contributed by atoms with Crippen LogP contribution in [0.2, 0.25) is 0 Å². The largest absolute Gasteiger partial charge is 0.493 e. The summed E-state index contributed by atoms with van der Waals surface area (Å²) in [4.78, 5) is 23.5. The highest BCUT2D eigenvalue weighted by atomic mass is 16.5. The molecule has 2 amide bonds. The lowest BCUT2D eigenvalue weighted by Gasteiger charge is -2.10. The summed E-state index contributed by atoms with van der Waals surface area (Å²) in [7, 11) is 1.56. The maximum atomic E-state index is 12.0. The molecule has 0 aliphatic heterocycles. The molecule has 0 saturated heterocycles. The Bertz CT molecular complexity index is 489. The molecule has 2 N–H and O–H groups in total. The van der Waals surface area contributed by atoms with Gasteiger partial charge in [-0.05, 0) is 24.1 Å². The van der Waals surface area contributed by atoms with Crippen LogP contribution in [0, 0.1) is 5.92 Å². The molecule has 1 aromatic carbocycles. The Balaban J connectivity index is 2.44. The normalized spacial score (nSPS) is 10.4. The number of nitrogens with one attached hydrogen (secondary N) is 2. The summed E-state index contributed by atoms with van der Waals surface area (Å²) >= 11 is 0. The number of methoxy groups -OCH3 is 1. The average molecular weight is 308 g/mol. The number of ether oxygens (including phenoxy) is 2. The van der Waals surface area contributed by atoms with Crippen molar-refractivity contribution < 1.29 is 19.1 Å². The van der Waals surface area contributed by atoms with E-state index in [4.69, 9.17) is 9.47 Å². The summed E-state index contributed by atoms with van der Waals surface area (Å²) < 4.78 is 10.4. The van der Waals surface area contributed by atoms with Crippen molar-refractivity contribution in [2.75, 3.05) is 33.4 Å². The Morgan fingerprint density at radius 3 is 2.68 bits per heavy atom. The Kier molecular flexibility index (Phi) is 7.99. The minimum Gasteiger partial charge on any atom is -0.493 e. The minimum absolute atomic E-state index is 0.0698. The van der Waals surface area contributed by atoms with Gasteiger partial charge in [0.1, 0.15) is 5.75 Å². The van der Waals surface area contributed by atoms with E-state index in [1.165, 1.54) is 0 Å². The second-order valence-electron chi connectivity index (χ2n) is 5.26. The summed E-state index contributed by atoms with van der Waals surface area (Å²) in [5.74, 6) is 0.494. The fourth-order valence-corrected chi connectivity index (χ4v) is 1.61. The Morgan fingerprint density at radius 1 is 1.23 bits per heavy atom. The van der Waals surface area contributed by atoms with Crippen molar-refractivity contribution in [2.24, 2.45) is 5.92 Å². The Hall–Kier alpha value is -2.08. The molecule has 0 radical (unpaired) electrons. The molecule has 6 nitrogen and oxygen atoms in total. The topological polar surface area (TPSA) is 76.7 Å². The molecule has 122 valence electrons. The first-order chi connectivity index (χ1) is 10.5. The fourth-order valence-electron chi connectivity index (χ4n) is 1.61. The standard InChI is InChI=1S/C16H24N2O4/c1-12(2)11-22-14-6-4-5-13(9-14)16(20)18-10-15(19)17-7-8-21-3/h4-6,9,12H,7-8,10-11H2,1-3H3,(H,17,19)(H,18,20). The molecule has 1 aromatic rings. The van der Waals surface area contributed by atoms with E-state index >= 15 is 0 Å². The molecule has 0 bridgehead atoms. The van der Waals surface area contributed by atoms with Crippen LogP contribution in [0.4, 0.5) is 0 Å². The summed E-state index contributed by atoms with van der Waals surface area (Å²) in [5.41, 5.74) is 0.464. The van der Waals surface area contributed by atoms with Gasteiger partial charge in [0, 0.05) is 19.2 Å². The van der Waals surface area contributed by atoms with Crippen LogP contribution in [0.25, 0.3) is 0 Å². The van der Waals surface area contributed by atoms with Crippen LogP contribution in [0.5, 0.6) is 5.75 Å². The summed E-state index contributed by atoms with van der Waals surface area (Å²) in [6.45, 7) is 5.49. The zero-order valence-corrected chi connectivity index (χ0v) is 13.3. The number of rotatable bonds is 9. The summed E-state index contributed by atoms with van der Waals surface area (Å²) in [6, 6.07) is 6.90. The second-order valence-corrected chi connectivity index (χ2v) is 5.26. The average Bonchev–Trinajstić information content (AvgIpc) is 2.51. The van der Waals surface area contributed by atoms with Gasteiger partial charge in [0.15, 0.2) is 0 Å². The van der Waals surface area contributed by atoms with Crippen LogP contribution in [0.1, 0.15) is 24.2 Å². The van der Waals surface area contributed by atoms with Gasteiger partial charge in [-0.1, -0.05) is 19.9 Å². The zero-order chi connectivity index (χ0) is 16.4. The lowest BCUT2D eigenvalue weighted by atomic mass is 10.2. The van der Waals surface area contributed by atoms with Gasteiger partial charge in [-0.2, -0.15) is 0 Å².